The summed E-state index contributed by atoms with van der Waals surface area (Å²) in [6.07, 6.45) is 0.747. The lowest BCUT2D eigenvalue weighted by Crippen LogP contribution is -2.23. The van der Waals surface area contributed by atoms with Crippen LogP contribution in [0.25, 0.3) is 10.8 Å². The van der Waals surface area contributed by atoms with Crippen LogP contribution >= 0.6 is 15.9 Å². The minimum atomic E-state index is -0.496. The lowest BCUT2D eigenvalue weighted by Gasteiger charge is -2.28. The molecule has 0 fully saturated rings. The summed E-state index contributed by atoms with van der Waals surface area (Å²) in [5.41, 5.74) is 8.91. The van der Waals surface area contributed by atoms with E-state index >= 15 is 0 Å². The number of benzene rings is 2. The first-order valence-corrected chi connectivity index (χ1v) is 10.2. The van der Waals surface area contributed by atoms with Gasteiger partial charge in [-0.15, -0.1) is 0 Å². The summed E-state index contributed by atoms with van der Waals surface area (Å²) in [7, 11) is 3.15. The van der Waals surface area contributed by atoms with Crippen LogP contribution in [0.1, 0.15) is 29.8 Å². The van der Waals surface area contributed by atoms with Crippen LogP contribution in [-0.2, 0) is 6.42 Å². The van der Waals surface area contributed by atoms with Crippen molar-refractivity contribution in [3.63, 3.8) is 0 Å². The van der Waals surface area contributed by atoms with Gasteiger partial charge in [-0.2, -0.15) is 5.26 Å². The Labute approximate surface area is 183 Å². The number of allylic oxidation sites excluding steroid dienone is 1. The van der Waals surface area contributed by atoms with Crippen molar-refractivity contribution in [3.8, 4) is 23.3 Å². The van der Waals surface area contributed by atoms with Gasteiger partial charge in [0, 0.05) is 16.5 Å². The molecule has 0 saturated heterocycles. The van der Waals surface area contributed by atoms with Crippen molar-refractivity contribution in [2.45, 2.75) is 19.3 Å². The van der Waals surface area contributed by atoms with Crippen molar-refractivity contribution in [1.29, 1.82) is 5.26 Å². The fraction of sp³-hybridized carbons (Fsp3) is 0.217. The van der Waals surface area contributed by atoms with Gasteiger partial charge < -0.3 is 19.9 Å². The summed E-state index contributed by atoms with van der Waals surface area (Å²) in [6.45, 7) is 2.06. The molecule has 0 spiro atoms. The van der Waals surface area contributed by atoms with Crippen molar-refractivity contribution in [1.82, 2.24) is 4.98 Å². The topological polar surface area (TPSA) is 90.4 Å². The second-order valence-electron chi connectivity index (χ2n) is 6.84. The van der Waals surface area contributed by atoms with Gasteiger partial charge in [-0.25, -0.2) is 0 Å². The van der Waals surface area contributed by atoms with Crippen LogP contribution in [0.15, 0.2) is 52.3 Å². The maximum Gasteiger partial charge on any atom is 0.205 e. The van der Waals surface area contributed by atoms with Crippen molar-refractivity contribution < 1.29 is 14.2 Å². The maximum absolute atomic E-state index is 9.89. The van der Waals surface area contributed by atoms with Crippen LogP contribution in [0, 0.1) is 11.3 Å². The van der Waals surface area contributed by atoms with Gasteiger partial charge in [0.05, 0.1) is 30.3 Å². The minimum Gasteiger partial charge on any atom is -0.493 e. The first-order chi connectivity index (χ1) is 14.5. The Hall–Kier alpha value is -3.24. The van der Waals surface area contributed by atoms with E-state index in [0.717, 1.165) is 28.5 Å². The molecule has 30 heavy (non-hydrogen) atoms. The van der Waals surface area contributed by atoms with Crippen LogP contribution in [0.5, 0.6) is 17.2 Å². The van der Waals surface area contributed by atoms with E-state index in [9.17, 15) is 5.26 Å². The second kappa shape index (κ2) is 7.88. The van der Waals surface area contributed by atoms with E-state index < -0.39 is 5.92 Å². The molecule has 152 valence electrons. The third kappa shape index (κ3) is 3.04. The number of rotatable bonds is 4. The van der Waals surface area contributed by atoms with Crippen molar-refractivity contribution >= 4 is 26.7 Å². The maximum atomic E-state index is 9.89. The average Bonchev–Trinajstić information content (AvgIpc) is 2.77. The predicted octanol–water partition coefficient (Wildman–Crippen LogP) is 4.80. The van der Waals surface area contributed by atoms with Gasteiger partial charge in [0.2, 0.25) is 5.88 Å². The molecular formula is C23H20BrN3O3. The van der Waals surface area contributed by atoms with Crippen LogP contribution in [0.2, 0.25) is 0 Å². The van der Waals surface area contributed by atoms with Crippen LogP contribution < -0.4 is 19.9 Å². The molecule has 0 saturated carbocycles. The van der Waals surface area contributed by atoms with E-state index in [4.69, 9.17) is 24.9 Å². The molecule has 6 nitrogen and oxygen atoms in total. The first kappa shape index (κ1) is 20.0. The highest BCUT2D eigenvalue weighted by atomic mass is 79.9. The lowest BCUT2D eigenvalue weighted by molar-refractivity contribution is 0.352. The summed E-state index contributed by atoms with van der Waals surface area (Å²) in [5.74, 6) is 1.28. The number of hydrogen-bond donors (Lipinski definition) is 1. The number of ether oxygens (including phenoxy) is 3. The van der Waals surface area contributed by atoms with E-state index in [2.05, 4.69) is 28.9 Å². The Morgan fingerprint density at radius 3 is 2.57 bits per heavy atom. The van der Waals surface area contributed by atoms with Crippen LogP contribution in [-0.4, -0.2) is 19.2 Å². The fourth-order valence-corrected chi connectivity index (χ4v) is 4.51. The zero-order valence-corrected chi connectivity index (χ0v) is 18.4. The zero-order valence-electron chi connectivity index (χ0n) is 16.8. The highest BCUT2D eigenvalue weighted by Gasteiger charge is 2.34. The van der Waals surface area contributed by atoms with Crippen LogP contribution in [0.3, 0.4) is 0 Å². The summed E-state index contributed by atoms with van der Waals surface area (Å²) >= 11 is 3.54. The third-order valence-corrected chi connectivity index (χ3v) is 5.84. The zero-order chi connectivity index (χ0) is 21.4. The Balaban J connectivity index is 2.05. The van der Waals surface area contributed by atoms with Crippen molar-refractivity contribution in [2.75, 3.05) is 14.2 Å². The Morgan fingerprint density at radius 1 is 1.20 bits per heavy atom. The number of halogens is 1. The number of methoxy groups -OCH3 is 2. The van der Waals surface area contributed by atoms with Gasteiger partial charge in [0.15, 0.2) is 17.2 Å². The monoisotopic (exact) mass is 465 g/mol. The molecule has 2 heterocycles. The van der Waals surface area contributed by atoms with E-state index in [1.807, 2.05) is 36.4 Å². The molecule has 0 aliphatic carbocycles. The Bertz CT molecular complexity index is 1230. The molecule has 1 aliphatic rings. The van der Waals surface area contributed by atoms with Gasteiger partial charge >= 0.3 is 0 Å². The standard InChI is InChI=1S/C23H20BrN3O3/c1-4-17-13-7-5-6-8-14(13)21-20(27-17)19(15(11-25)23(26)30-21)12-9-16(24)22(29-3)18(10-12)28-2/h5-10,19H,4,26H2,1-3H3. The molecule has 0 amide bonds. The SMILES string of the molecule is CCc1nc2c(c3ccccc13)OC(N)=C(C#N)C2c1cc(Br)c(OC)c(OC)c1. The smallest absolute Gasteiger partial charge is 0.205 e. The van der Waals surface area contributed by atoms with Crippen LogP contribution in [0.4, 0.5) is 0 Å². The normalized spacial score (nSPS) is 15.4. The van der Waals surface area contributed by atoms with Crippen molar-refractivity contribution in [2.24, 2.45) is 5.73 Å². The fourth-order valence-electron chi connectivity index (χ4n) is 3.89. The Morgan fingerprint density at radius 2 is 1.93 bits per heavy atom. The molecule has 7 heteroatoms. The molecule has 2 N–H and O–H groups in total. The van der Waals surface area contributed by atoms with Gasteiger partial charge in [-0.05, 0) is 40.0 Å². The number of nitriles is 1. The quantitative estimate of drug-likeness (QED) is 0.595. The lowest BCUT2D eigenvalue weighted by atomic mass is 9.85. The van der Waals surface area contributed by atoms with E-state index in [-0.39, 0.29) is 5.88 Å². The third-order valence-electron chi connectivity index (χ3n) is 5.25. The largest absolute Gasteiger partial charge is 0.493 e. The van der Waals surface area contributed by atoms with E-state index in [0.29, 0.717) is 33.0 Å². The number of nitrogens with two attached hydrogens (primary N) is 1. The van der Waals surface area contributed by atoms with Gasteiger partial charge in [0.1, 0.15) is 11.6 Å². The number of nitrogens with zero attached hydrogens (tertiary/aromatic N) is 2. The van der Waals surface area contributed by atoms with E-state index in [1.54, 1.807) is 14.2 Å². The molecule has 4 rings (SSSR count). The summed E-state index contributed by atoms with van der Waals surface area (Å²) in [6, 6.07) is 13.9. The molecule has 1 aromatic heterocycles. The highest BCUT2D eigenvalue weighted by Crippen LogP contribution is 2.47. The van der Waals surface area contributed by atoms with Gasteiger partial charge in [-0.3, -0.25) is 4.98 Å². The van der Waals surface area contributed by atoms with Crippen molar-refractivity contribution in [3.05, 3.63) is 69.3 Å². The van der Waals surface area contributed by atoms with Gasteiger partial charge in [-0.1, -0.05) is 31.2 Å². The number of hydrogen-bond acceptors (Lipinski definition) is 6. The summed E-state index contributed by atoms with van der Waals surface area (Å²) in [5, 5.41) is 11.8. The Kier molecular flexibility index (Phi) is 5.27. The number of fused-ring (bicyclic) bond motifs is 3. The highest BCUT2D eigenvalue weighted by molar-refractivity contribution is 9.10. The van der Waals surface area contributed by atoms with Gasteiger partial charge in [0.25, 0.3) is 0 Å². The molecule has 0 bridgehead atoms. The molecule has 2 aromatic carbocycles. The first-order valence-electron chi connectivity index (χ1n) is 9.44. The van der Waals surface area contributed by atoms with E-state index in [1.165, 1.54) is 0 Å². The molecule has 1 unspecified atom stereocenters. The average molecular weight is 466 g/mol. The molecule has 0 radical (unpaired) electrons. The number of aryl methyl sites for hydroxylation is 1. The minimum absolute atomic E-state index is 0.0807. The molecule has 1 atom stereocenters. The second-order valence-corrected chi connectivity index (χ2v) is 7.69. The predicted molar refractivity (Wildman–Crippen MR) is 118 cm³/mol. The number of pyridine rings is 1. The summed E-state index contributed by atoms with van der Waals surface area (Å²) in [4.78, 5) is 4.92. The molecule has 1 aliphatic heterocycles. The summed E-state index contributed by atoms with van der Waals surface area (Å²) < 4.78 is 17.6. The number of aromatic nitrogens is 1. The molecule has 3 aromatic rings. The molecular weight excluding hydrogens is 446 g/mol.